The van der Waals surface area contributed by atoms with Gasteiger partial charge in [0, 0.05) is 0 Å². The molecule has 0 saturated carbocycles. The summed E-state index contributed by atoms with van der Waals surface area (Å²) in [6.45, 7) is 2.29. The average Bonchev–Trinajstić information content (AvgIpc) is 3.10. The maximum atomic E-state index is 2.31. The third kappa shape index (κ3) is 5.09. The molecular weight excluding hydrogens is 367 g/mol. The van der Waals surface area contributed by atoms with Crippen LogP contribution in [0.15, 0.2) is 60.7 Å². The Morgan fingerprint density at radius 1 is 0.760 bits per heavy atom. The van der Waals surface area contributed by atoms with Gasteiger partial charge in [-0.1, -0.05) is 0 Å². The van der Waals surface area contributed by atoms with Crippen LogP contribution in [0.1, 0.15) is 63.0 Å². The van der Waals surface area contributed by atoms with Crippen LogP contribution in [0.4, 0.5) is 0 Å². The second-order valence-corrected chi connectivity index (χ2v) is 9.20. The molecule has 0 bridgehead atoms. The molecule has 0 spiro atoms. The van der Waals surface area contributed by atoms with E-state index >= 15 is 0 Å². The van der Waals surface area contributed by atoms with E-state index in [1.165, 1.54) is 61.4 Å². The van der Waals surface area contributed by atoms with Crippen molar-refractivity contribution < 1.29 is 0 Å². The van der Waals surface area contributed by atoms with Crippen LogP contribution >= 0.6 is 0 Å². The zero-order valence-corrected chi connectivity index (χ0v) is 17.1. The average molecular weight is 397 g/mol. The van der Waals surface area contributed by atoms with Gasteiger partial charge >= 0.3 is 160 Å². The molecular formula is C24H30Se. The molecule has 0 radical (unpaired) electrons. The molecule has 0 fully saturated rings. The monoisotopic (exact) mass is 398 g/mol. The molecule has 0 saturated heterocycles. The van der Waals surface area contributed by atoms with Gasteiger partial charge in [-0.05, 0) is 0 Å². The quantitative estimate of drug-likeness (QED) is 0.314. The van der Waals surface area contributed by atoms with E-state index < -0.39 is 0 Å². The third-order valence-corrected chi connectivity index (χ3v) is 7.86. The zero-order chi connectivity index (χ0) is 17.3. The van der Waals surface area contributed by atoms with Gasteiger partial charge in [0.25, 0.3) is 0 Å². The Morgan fingerprint density at radius 2 is 1.36 bits per heavy atom. The summed E-state index contributed by atoms with van der Waals surface area (Å²) in [5.74, 6) is 0.767. The molecule has 0 N–H and O–H groups in total. The number of hydrogen-bond donors (Lipinski definition) is 0. The predicted octanol–water partition coefficient (Wildman–Crippen LogP) is 7.06. The van der Waals surface area contributed by atoms with E-state index in [0.717, 1.165) is 5.92 Å². The van der Waals surface area contributed by atoms with Crippen LogP contribution < -0.4 is 0 Å². The van der Waals surface area contributed by atoms with Crippen molar-refractivity contribution in [3.05, 3.63) is 71.8 Å². The summed E-state index contributed by atoms with van der Waals surface area (Å²) in [7, 11) is 0. The van der Waals surface area contributed by atoms with E-state index in [-0.39, 0.29) is 0 Å². The Morgan fingerprint density at radius 3 is 2.04 bits per heavy atom. The Hall–Kier alpha value is -1.30. The molecule has 0 amide bonds. The Labute approximate surface area is 159 Å². The van der Waals surface area contributed by atoms with Gasteiger partial charge in [-0.15, -0.1) is 0 Å². The van der Waals surface area contributed by atoms with Gasteiger partial charge in [-0.2, -0.15) is 0 Å². The number of unbranched alkanes of at least 4 members (excludes halogenated alkanes) is 5. The number of rotatable bonds is 9. The van der Waals surface area contributed by atoms with Crippen molar-refractivity contribution in [3.8, 4) is 0 Å². The second kappa shape index (κ2) is 10.00. The van der Waals surface area contributed by atoms with Crippen molar-refractivity contribution in [2.45, 2.75) is 57.2 Å². The predicted molar refractivity (Wildman–Crippen MR) is 112 cm³/mol. The van der Waals surface area contributed by atoms with Crippen LogP contribution in [0.3, 0.4) is 0 Å². The Kier molecular flexibility index (Phi) is 7.39. The standard InChI is InChI=1S/C24H30Se/c1-2-3-4-5-6-9-18-22-19-25-24(21-16-12-8-13-17-21)23(22)20-14-10-7-11-15-20/h7-8,10-17,22H,2-6,9,18-19H2,1H3. The summed E-state index contributed by atoms with van der Waals surface area (Å²) < 4.78 is 1.65. The molecule has 132 valence electrons. The first-order valence-corrected chi connectivity index (χ1v) is 11.9. The fraction of sp³-hybridized carbons (Fsp3) is 0.417. The molecule has 1 aliphatic rings. The van der Waals surface area contributed by atoms with Crippen LogP contribution in [0.25, 0.3) is 10.0 Å². The van der Waals surface area contributed by atoms with Crippen molar-refractivity contribution in [3.63, 3.8) is 0 Å². The van der Waals surface area contributed by atoms with E-state index in [9.17, 15) is 0 Å². The summed E-state index contributed by atoms with van der Waals surface area (Å²) in [6.07, 6.45) is 9.75. The molecule has 3 rings (SSSR count). The van der Waals surface area contributed by atoms with Crippen molar-refractivity contribution >= 4 is 25.0 Å². The van der Waals surface area contributed by atoms with Gasteiger partial charge < -0.3 is 0 Å². The first kappa shape index (κ1) is 18.5. The second-order valence-electron chi connectivity index (χ2n) is 7.04. The molecule has 0 nitrogen and oxygen atoms in total. The van der Waals surface area contributed by atoms with Crippen LogP contribution in [-0.2, 0) is 0 Å². The Bertz CT molecular complexity index is 657. The van der Waals surface area contributed by atoms with Crippen LogP contribution in [0.5, 0.6) is 0 Å². The normalized spacial score (nSPS) is 17.2. The Balaban J connectivity index is 1.74. The first-order valence-electron chi connectivity index (χ1n) is 9.88. The molecule has 1 unspecified atom stereocenters. The summed E-state index contributed by atoms with van der Waals surface area (Å²) in [5.41, 5.74) is 4.56. The maximum absolute atomic E-state index is 2.31. The molecule has 1 heteroatoms. The van der Waals surface area contributed by atoms with Crippen LogP contribution in [-0.4, -0.2) is 15.0 Å². The van der Waals surface area contributed by atoms with E-state index in [2.05, 4.69) is 67.6 Å². The van der Waals surface area contributed by atoms with Gasteiger partial charge in [0.2, 0.25) is 0 Å². The van der Waals surface area contributed by atoms with Gasteiger partial charge in [0.15, 0.2) is 0 Å². The summed E-state index contributed by atoms with van der Waals surface area (Å²) >= 11 is 0.611. The first-order chi connectivity index (χ1) is 12.4. The van der Waals surface area contributed by atoms with Gasteiger partial charge in [0.05, 0.1) is 0 Å². The molecule has 1 atom stereocenters. The van der Waals surface area contributed by atoms with E-state index in [4.69, 9.17) is 0 Å². The molecule has 0 aromatic heterocycles. The molecule has 1 heterocycles. The van der Waals surface area contributed by atoms with E-state index in [0.29, 0.717) is 15.0 Å². The number of hydrogen-bond acceptors (Lipinski definition) is 0. The topological polar surface area (TPSA) is 0 Å². The van der Waals surface area contributed by atoms with Crippen molar-refractivity contribution in [2.75, 3.05) is 0 Å². The number of benzene rings is 2. The summed E-state index contributed by atoms with van der Waals surface area (Å²) in [4.78, 5) is 0. The summed E-state index contributed by atoms with van der Waals surface area (Å²) in [6, 6.07) is 22.2. The molecule has 25 heavy (non-hydrogen) atoms. The minimum atomic E-state index is 0.611. The van der Waals surface area contributed by atoms with Gasteiger partial charge in [0.1, 0.15) is 0 Å². The van der Waals surface area contributed by atoms with Crippen molar-refractivity contribution in [1.82, 2.24) is 0 Å². The molecule has 0 aliphatic carbocycles. The van der Waals surface area contributed by atoms with Gasteiger partial charge in [-0.25, -0.2) is 0 Å². The molecule has 2 aromatic rings. The van der Waals surface area contributed by atoms with Crippen molar-refractivity contribution in [1.29, 1.82) is 0 Å². The van der Waals surface area contributed by atoms with Crippen LogP contribution in [0, 0.1) is 5.92 Å². The van der Waals surface area contributed by atoms with E-state index in [1.807, 2.05) is 0 Å². The third-order valence-electron chi connectivity index (χ3n) is 5.11. The fourth-order valence-electron chi connectivity index (χ4n) is 3.74. The molecule has 2 aromatic carbocycles. The van der Waals surface area contributed by atoms with Crippen LogP contribution in [0.2, 0.25) is 5.32 Å². The molecule has 1 aliphatic heterocycles. The van der Waals surface area contributed by atoms with E-state index in [1.54, 1.807) is 10.0 Å². The minimum absolute atomic E-state index is 0.611. The SMILES string of the molecule is CCCCCCCCC1C[Se]C(c2ccccc2)=C1c1ccccc1. The fourth-order valence-corrected chi connectivity index (χ4v) is 6.77. The summed E-state index contributed by atoms with van der Waals surface area (Å²) in [5, 5.41) is 1.39. The van der Waals surface area contributed by atoms with Gasteiger partial charge in [-0.3, -0.25) is 0 Å². The number of allylic oxidation sites excluding steroid dienone is 1. The van der Waals surface area contributed by atoms with Crippen molar-refractivity contribution in [2.24, 2.45) is 5.92 Å². The zero-order valence-electron chi connectivity index (χ0n) is 15.4.